The molecule has 122 valence electrons. The van der Waals surface area contributed by atoms with Gasteiger partial charge in [-0.05, 0) is 36.7 Å². The molecular formula is C17H21N3O3. The fraction of sp³-hybridized carbons (Fsp3) is 0.353. The quantitative estimate of drug-likeness (QED) is 0.886. The number of likely N-dealkylation sites (N-methyl/N-ethyl adjacent to an activating group) is 1. The highest BCUT2D eigenvalue weighted by Crippen LogP contribution is 2.31. The average Bonchev–Trinajstić information content (AvgIpc) is 3.14. The van der Waals surface area contributed by atoms with Crippen LogP contribution in [0.1, 0.15) is 23.6 Å². The maximum absolute atomic E-state index is 11.2. The third-order valence-corrected chi connectivity index (χ3v) is 4.54. The number of amides is 1. The van der Waals surface area contributed by atoms with Crippen molar-refractivity contribution in [2.45, 2.75) is 12.5 Å². The number of alkyl carbamates (subject to hydrolysis) is 1. The summed E-state index contributed by atoms with van der Waals surface area (Å²) in [5.74, 6) is 0. The molecule has 1 aromatic carbocycles. The minimum absolute atomic E-state index is 0. The largest absolute Gasteiger partial charge is 0.447 e. The van der Waals surface area contributed by atoms with E-state index >= 15 is 0 Å². The monoisotopic (exact) mass is 315 g/mol. The van der Waals surface area contributed by atoms with Gasteiger partial charge in [-0.2, -0.15) is 0 Å². The number of fused-ring (bicyclic) bond motifs is 1. The minimum Gasteiger partial charge on any atom is -0.447 e. The number of carbonyl (C=O) groups excluding carboxylic acids is 1. The SMILES string of the molecule is CN1CC=C(c2c[nH]c3ccc([C@@H]4COC(=O)N4)cc23)CC1.O. The van der Waals surface area contributed by atoms with Crippen molar-refractivity contribution in [3.8, 4) is 0 Å². The Bertz CT molecular complexity index is 766. The Morgan fingerprint density at radius 1 is 1.35 bits per heavy atom. The van der Waals surface area contributed by atoms with Crippen molar-refractivity contribution >= 4 is 22.6 Å². The molecule has 0 radical (unpaired) electrons. The number of carbonyl (C=O) groups is 1. The van der Waals surface area contributed by atoms with Crippen LogP contribution in [-0.2, 0) is 4.74 Å². The summed E-state index contributed by atoms with van der Waals surface area (Å²) in [4.78, 5) is 16.9. The van der Waals surface area contributed by atoms with E-state index in [1.165, 1.54) is 16.5 Å². The molecule has 1 atom stereocenters. The van der Waals surface area contributed by atoms with Gasteiger partial charge in [-0.25, -0.2) is 4.79 Å². The number of hydrogen-bond donors (Lipinski definition) is 2. The van der Waals surface area contributed by atoms with Gasteiger partial charge in [-0.15, -0.1) is 0 Å². The van der Waals surface area contributed by atoms with E-state index in [9.17, 15) is 4.79 Å². The summed E-state index contributed by atoms with van der Waals surface area (Å²) in [5, 5.41) is 4.06. The van der Waals surface area contributed by atoms with Crippen LogP contribution in [-0.4, -0.2) is 48.2 Å². The first-order valence-electron chi connectivity index (χ1n) is 7.63. The highest BCUT2D eigenvalue weighted by Gasteiger charge is 2.24. The molecular weight excluding hydrogens is 294 g/mol. The van der Waals surface area contributed by atoms with Gasteiger partial charge in [0.05, 0.1) is 6.04 Å². The van der Waals surface area contributed by atoms with E-state index in [4.69, 9.17) is 4.74 Å². The number of rotatable bonds is 2. The van der Waals surface area contributed by atoms with Crippen LogP contribution in [0.3, 0.4) is 0 Å². The number of benzene rings is 1. The summed E-state index contributed by atoms with van der Waals surface area (Å²) < 4.78 is 5.00. The van der Waals surface area contributed by atoms with Gasteiger partial charge in [0.15, 0.2) is 0 Å². The fourth-order valence-corrected chi connectivity index (χ4v) is 3.20. The van der Waals surface area contributed by atoms with Gasteiger partial charge in [0.2, 0.25) is 0 Å². The lowest BCUT2D eigenvalue weighted by Crippen LogP contribution is -2.23. The predicted molar refractivity (Wildman–Crippen MR) is 89.2 cm³/mol. The minimum atomic E-state index is -0.336. The molecule has 6 nitrogen and oxygen atoms in total. The molecule has 23 heavy (non-hydrogen) atoms. The standard InChI is InChI=1S/C17H19N3O2.H2O/c1-20-6-4-11(5-7-20)14-9-18-15-3-2-12(8-13(14)15)16-10-22-17(21)19-16;/h2-4,8-9,16,18H,5-7,10H2,1H3,(H,19,21);1H2/t16-;/m0./s1. The van der Waals surface area contributed by atoms with Crippen molar-refractivity contribution in [1.82, 2.24) is 15.2 Å². The molecule has 4 N–H and O–H groups in total. The topological polar surface area (TPSA) is 88.9 Å². The number of cyclic esters (lactones) is 1. The molecule has 1 aromatic heterocycles. The lowest BCUT2D eigenvalue weighted by atomic mass is 9.97. The van der Waals surface area contributed by atoms with Gasteiger partial charge in [0, 0.05) is 35.8 Å². The molecule has 1 saturated heterocycles. The maximum atomic E-state index is 11.2. The lowest BCUT2D eigenvalue weighted by Gasteiger charge is -2.21. The first kappa shape index (κ1) is 15.6. The molecule has 0 bridgehead atoms. The van der Waals surface area contributed by atoms with E-state index in [2.05, 4.69) is 46.7 Å². The molecule has 0 saturated carbocycles. The van der Waals surface area contributed by atoms with Crippen LogP contribution in [0.25, 0.3) is 16.5 Å². The Morgan fingerprint density at radius 3 is 2.91 bits per heavy atom. The van der Waals surface area contributed by atoms with Crippen LogP contribution in [0.15, 0.2) is 30.5 Å². The van der Waals surface area contributed by atoms with Gasteiger partial charge in [0.1, 0.15) is 6.61 Å². The normalized spacial score (nSPS) is 21.5. The summed E-state index contributed by atoms with van der Waals surface area (Å²) in [5.41, 5.74) is 4.89. The second-order valence-electron chi connectivity index (χ2n) is 6.04. The van der Waals surface area contributed by atoms with Crippen LogP contribution in [0, 0.1) is 0 Å². The summed E-state index contributed by atoms with van der Waals surface area (Å²) >= 11 is 0. The lowest BCUT2D eigenvalue weighted by molar-refractivity contribution is 0.177. The smallest absolute Gasteiger partial charge is 0.407 e. The number of ether oxygens (including phenoxy) is 1. The van der Waals surface area contributed by atoms with Crippen LogP contribution < -0.4 is 5.32 Å². The van der Waals surface area contributed by atoms with E-state index in [1.807, 2.05) is 6.07 Å². The number of nitrogens with zero attached hydrogens (tertiary/aromatic N) is 1. The van der Waals surface area contributed by atoms with Crippen molar-refractivity contribution in [1.29, 1.82) is 0 Å². The Balaban J connectivity index is 0.00000156. The number of H-pyrrole nitrogens is 1. The third-order valence-electron chi connectivity index (χ3n) is 4.54. The number of aromatic amines is 1. The molecule has 2 aliphatic heterocycles. The zero-order valence-electron chi connectivity index (χ0n) is 13.1. The van der Waals surface area contributed by atoms with Crippen LogP contribution in [0.4, 0.5) is 4.79 Å². The molecule has 3 heterocycles. The average molecular weight is 315 g/mol. The molecule has 2 aliphatic rings. The van der Waals surface area contributed by atoms with Gasteiger partial charge in [0.25, 0.3) is 0 Å². The second kappa shape index (κ2) is 6.06. The van der Waals surface area contributed by atoms with Gasteiger partial charge in [-0.1, -0.05) is 12.1 Å². The van der Waals surface area contributed by atoms with Gasteiger partial charge in [-0.3, -0.25) is 0 Å². The fourth-order valence-electron chi connectivity index (χ4n) is 3.20. The van der Waals surface area contributed by atoms with Crippen LogP contribution in [0.2, 0.25) is 0 Å². The highest BCUT2D eigenvalue weighted by atomic mass is 16.6. The summed E-state index contributed by atoms with van der Waals surface area (Å²) in [6, 6.07) is 6.24. The first-order chi connectivity index (χ1) is 10.7. The van der Waals surface area contributed by atoms with Crippen molar-refractivity contribution < 1.29 is 15.0 Å². The van der Waals surface area contributed by atoms with Gasteiger partial charge < -0.3 is 25.4 Å². The molecule has 0 aliphatic carbocycles. The summed E-state index contributed by atoms with van der Waals surface area (Å²) in [6.07, 6.45) is 5.13. The Morgan fingerprint density at radius 2 is 2.22 bits per heavy atom. The Hall–Kier alpha value is -2.31. The van der Waals surface area contributed by atoms with Crippen molar-refractivity contribution in [2.24, 2.45) is 0 Å². The summed E-state index contributed by atoms with van der Waals surface area (Å²) in [6.45, 7) is 2.48. The zero-order chi connectivity index (χ0) is 15.1. The number of aromatic nitrogens is 1. The predicted octanol–water partition coefficient (Wildman–Crippen LogP) is 1.84. The maximum Gasteiger partial charge on any atom is 0.407 e. The van der Waals surface area contributed by atoms with E-state index in [1.54, 1.807) is 0 Å². The second-order valence-corrected chi connectivity index (χ2v) is 6.04. The van der Waals surface area contributed by atoms with Crippen molar-refractivity contribution in [2.75, 3.05) is 26.7 Å². The number of hydrogen-bond acceptors (Lipinski definition) is 3. The molecule has 1 fully saturated rings. The van der Waals surface area contributed by atoms with Gasteiger partial charge >= 0.3 is 6.09 Å². The molecule has 4 rings (SSSR count). The molecule has 0 spiro atoms. The van der Waals surface area contributed by atoms with E-state index in [0.717, 1.165) is 30.6 Å². The Kier molecular flexibility index (Phi) is 4.11. The number of nitrogens with one attached hydrogen (secondary N) is 2. The zero-order valence-corrected chi connectivity index (χ0v) is 13.1. The first-order valence-corrected chi connectivity index (χ1v) is 7.63. The van der Waals surface area contributed by atoms with E-state index in [0.29, 0.717) is 6.61 Å². The molecule has 2 aromatic rings. The molecule has 6 heteroatoms. The third kappa shape index (κ3) is 2.83. The Labute approximate surface area is 134 Å². The molecule has 1 amide bonds. The van der Waals surface area contributed by atoms with E-state index in [-0.39, 0.29) is 17.6 Å². The summed E-state index contributed by atoms with van der Waals surface area (Å²) in [7, 11) is 2.14. The van der Waals surface area contributed by atoms with Crippen molar-refractivity contribution in [3.63, 3.8) is 0 Å². The van der Waals surface area contributed by atoms with Crippen LogP contribution in [0.5, 0.6) is 0 Å². The van der Waals surface area contributed by atoms with Crippen molar-refractivity contribution in [3.05, 3.63) is 41.6 Å². The molecule has 0 unspecified atom stereocenters. The van der Waals surface area contributed by atoms with Crippen LogP contribution >= 0.6 is 0 Å². The van der Waals surface area contributed by atoms with E-state index < -0.39 is 0 Å². The highest BCUT2D eigenvalue weighted by molar-refractivity contribution is 5.93.